The summed E-state index contributed by atoms with van der Waals surface area (Å²) in [7, 11) is 0. The number of carbonyl (C=O) groups excluding carboxylic acids is 1. The Labute approximate surface area is 137 Å². The lowest BCUT2D eigenvalue weighted by Gasteiger charge is -2.21. The molecule has 1 aliphatic rings. The summed E-state index contributed by atoms with van der Waals surface area (Å²) < 4.78 is 0. The zero-order chi connectivity index (χ0) is 15.4. The maximum absolute atomic E-state index is 12.1. The van der Waals surface area contributed by atoms with E-state index in [2.05, 4.69) is 0 Å². The van der Waals surface area contributed by atoms with Gasteiger partial charge in [-0.1, -0.05) is 29.3 Å². The molecule has 0 spiro atoms. The summed E-state index contributed by atoms with van der Waals surface area (Å²) in [4.78, 5) is 24.6. The molecule has 0 unspecified atom stereocenters. The Morgan fingerprint density at radius 3 is 2.81 bits per heavy atom. The Hall–Kier alpha value is -0.910. The van der Waals surface area contributed by atoms with Crippen LogP contribution in [0.4, 0.5) is 0 Å². The average molecular weight is 348 g/mol. The number of likely N-dealkylation sites (tertiary alicyclic amines) is 1. The Balaban J connectivity index is 1.85. The SMILES string of the molecule is O=C(O)[C@H]1CCCN1C(=O)CSCc1ccc(Cl)cc1Cl. The first kappa shape index (κ1) is 16.5. The van der Waals surface area contributed by atoms with Crippen LogP contribution in [0.1, 0.15) is 18.4 Å². The molecule has 114 valence electrons. The molecule has 1 saturated heterocycles. The van der Waals surface area contributed by atoms with Crippen molar-refractivity contribution in [2.24, 2.45) is 0 Å². The zero-order valence-corrected chi connectivity index (χ0v) is 13.5. The van der Waals surface area contributed by atoms with E-state index in [1.165, 1.54) is 16.7 Å². The van der Waals surface area contributed by atoms with E-state index in [1.807, 2.05) is 6.07 Å². The molecular weight excluding hydrogens is 333 g/mol. The van der Waals surface area contributed by atoms with E-state index in [0.29, 0.717) is 28.8 Å². The predicted molar refractivity (Wildman–Crippen MR) is 85.0 cm³/mol. The van der Waals surface area contributed by atoms with Gasteiger partial charge in [-0.25, -0.2) is 4.79 Å². The van der Waals surface area contributed by atoms with Gasteiger partial charge in [0, 0.05) is 22.3 Å². The summed E-state index contributed by atoms with van der Waals surface area (Å²) in [5.41, 5.74) is 0.912. The third-order valence-corrected chi connectivity index (χ3v) is 4.91. The Morgan fingerprint density at radius 2 is 2.14 bits per heavy atom. The third-order valence-electron chi connectivity index (χ3n) is 3.36. The molecule has 0 aliphatic carbocycles. The van der Waals surface area contributed by atoms with Crippen LogP contribution in [0.2, 0.25) is 10.0 Å². The van der Waals surface area contributed by atoms with E-state index in [-0.39, 0.29) is 11.7 Å². The number of rotatable bonds is 5. The highest BCUT2D eigenvalue weighted by Gasteiger charge is 2.33. The molecule has 1 aromatic rings. The molecule has 0 aromatic heterocycles. The van der Waals surface area contributed by atoms with Crippen molar-refractivity contribution in [3.63, 3.8) is 0 Å². The Morgan fingerprint density at radius 1 is 1.38 bits per heavy atom. The number of carboxylic acids is 1. The van der Waals surface area contributed by atoms with E-state index in [9.17, 15) is 9.59 Å². The van der Waals surface area contributed by atoms with E-state index in [1.54, 1.807) is 12.1 Å². The number of benzene rings is 1. The van der Waals surface area contributed by atoms with Crippen molar-refractivity contribution in [1.82, 2.24) is 4.90 Å². The number of amides is 1. The number of thioether (sulfide) groups is 1. The zero-order valence-electron chi connectivity index (χ0n) is 11.2. The Bertz CT molecular complexity index is 553. The van der Waals surface area contributed by atoms with Gasteiger partial charge in [0.25, 0.3) is 0 Å². The van der Waals surface area contributed by atoms with Crippen LogP contribution >= 0.6 is 35.0 Å². The van der Waals surface area contributed by atoms with Crippen molar-refractivity contribution < 1.29 is 14.7 Å². The summed E-state index contributed by atoms with van der Waals surface area (Å²) in [6, 6.07) is 4.59. The van der Waals surface area contributed by atoms with Crippen LogP contribution in [0.25, 0.3) is 0 Å². The number of hydrogen-bond donors (Lipinski definition) is 1. The van der Waals surface area contributed by atoms with Gasteiger partial charge in [0.2, 0.25) is 5.91 Å². The first-order valence-electron chi connectivity index (χ1n) is 6.53. The highest BCUT2D eigenvalue weighted by molar-refractivity contribution is 7.99. The molecule has 7 heteroatoms. The molecule has 21 heavy (non-hydrogen) atoms. The molecule has 2 rings (SSSR count). The minimum Gasteiger partial charge on any atom is -0.480 e. The van der Waals surface area contributed by atoms with Gasteiger partial charge in [-0.2, -0.15) is 0 Å². The number of nitrogens with zero attached hydrogens (tertiary/aromatic N) is 1. The largest absolute Gasteiger partial charge is 0.480 e. The lowest BCUT2D eigenvalue weighted by atomic mass is 10.2. The molecule has 1 fully saturated rings. The molecule has 0 bridgehead atoms. The van der Waals surface area contributed by atoms with Crippen LogP contribution < -0.4 is 0 Å². The Kier molecular flexibility index (Phi) is 5.79. The highest BCUT2D eigenvalue weighted by Crippen LogP contribution is 2.25. The van der Waals surface area contributed by atoms with Crippen LogP contribution in [-0.2, 0) is 15.3 Å². The summed E-state index contributed by atoms with van der Waals surface area (Å²) >= 11 is 13.3. The molecule has 0 saturated carbocycles. The molecule has 1 aliphatic heterocycles. The predicted octanol–water partition coefficient (Wildman–Crippen LogP) is 3.30. The van der Waals surface area contributed by atoms with Crippen molar-refractivity contribution in [3.8, 4) is 0 Å². The normalized spacial score (nSPS) is 18.0. The van der Waals surface area contributed by atoms with E-state index < -0.39 is 12.0 Å². The van der Waals surface area contributed by atoms with Gasteiger partial charge in [0.1, 0.15) is 6.04 Å². The van der Waals surface area contributed by atoms with E-state index >= 15 is 0 Å². The van der Waals surface area contributed by atoms with E-state index in [4.69, 9.17) is 28.3 Å². The van der Waals surface area contributed by atoms with Gasteiger partial charge in [0.15, 0.2) is 0 Å². The molecule has 4 nitrogen and oxygen atoms in total. The molecule has 1 N–H and O–H groups in total. The van der Waals surface area contributed by atoms with Crippen molar-refractivity contribution in [3.05, 3.63) is 33.8 Å². The van der Waals surface area contributed by atoms with Crippen LogP contribution in [0.5, 0.6) is 0 Å². The fourth-order valence-electron chi connectivity index (χ4n) is 2.29. The van der Waals surface area contributed by atoms with Crippen LogP contribution in [0.15, 0.2) is 18.2 Å². The van der Waals surface area contributed by atoms with Gasteiger partial charge >= 0.3 is 5.97 Å². The monoisotopic (exact) mass is 347 g/mol. The van der Waals surface area contributed by atoms with Gasteiger partial charge in [-0.3, -0.25) is 4.79 Å². The van der Waals surface area contributed by atoms with Crippen LogP contribution in [-0.4, -0.2) is 40.2 Å². The maximum Gasteiger partial charge on any atom is 0.326 e. The summed E-state index contributed by atoms with van der Waals surface area (Å²) in [6.07, 6.45) is 1.28. The smallest absolute Gasteiger partial charge is 0.326 e. The second-order valence-corrected chi connectivity index (χ2v) is 6.64. The number of aliphatic carboxylic acids is 1. The summed E-state index contributed by atoms with van der Waals surface area (Å²) in [5.74, 6) is -0.211. The third kappa shape index (κ3) is 4.28. The second kappa shape index (κ2) is 7.38. The minimum atomic E-state index is -0.924. The number of hydrogen-bond acceptors (Lipinski definition) is 3. The molecule has 1 aromatic carbocycles. The van der Waals surface area contributed by atoms with Gasteiger partial charge < -0.3 is 10.0 Å². The van der Waals surface area contributed by atoms with Gasteiger partial charge in [-0.15, -0.1) is 11.8 Å². The van der Waals surface area contributed by atoms with Crippen molar-refractivity contribution in [2.45, 2.75) is 24.6 Å². The topological polar surface area (TPSA) is 57.6 Å². The molecule has 0 radical (unpaired) electrons. The van der Waals surface area contributed by atoms with Crippen molar-refractivity contribution in [2.75, 3.05) is 12.3 Å². The fraction of sp³-hybridized carbons (Fsp3) is 0.429. The number of halogens is 2. The van der Waals surface area contributed by atoms with E-state index in [0.717, 1.165) is 12.0 Å². The van der Waals surface area contributed by atoms with Crippen LogP contribution in [0.3, 0.4) is 0 Å². The first-order valence-corrected chi connectivity index (χ1v) is 8.44. The molecule has 1 atom stereocenters. The van der Waals surface area contributed by atoms with Crippen molar-refractivity contribution >= 4 is 46.8 Å². The first-order chi connectivity index (χ1) is 9.99. The standard InChI is InChI=1S/C14H15Cl2NO3S/c15-10-4-3-9(11(16)6-10)7-21-8-13(18)17-5-1-2-12(17)14(19)20/h3-4,6,12H,1-2,5,7-8H2,(H,19,20)/t12-/m1/s1. The molecule has 1 heterocycles. The van der Waals surface area contributed by atoms with Crippen LogP contribution in [0, 0.1) is 0 Å². The highest BCUT2D eigenvalue weighted by atomic mass is 35.5. The number of carbonyl (C=O) groups is 2. The molecular formula is C14H15Cl2NO3S. The summed E-state index contributed by atoms with van der Waals surface area (Å²) in [5, 5.41) is 10.2. The average Bonchev–Trinajstić information content (AvgIpc) is 2.90. The van der Waals surface area contributed by atoms with Gasteiger partial charge in [0.05, 0.1) is 5.75 Å². The fourth-order valence-corrected chi connectivity index (χ4v) is 3.76. The summed E-state index contributed by atoms with van der Waals surface area (Å²) in [6.45, 7) is 0.526. The molecule has 1 amide bonds. The quantitative estimate of drug-likeness (QED) is 0.887. The lowest BCUT2D eigenvalue weighted by molar-refractivity contribution is -0.147. The lowest BCUT2D eigenvalue weighted by Crippen LogP contribution is -2.41. The number of carboxylic acid groups (broad SMARTS) is 1. The van der Waals surface area contributed by atoms with Gasteiger partial charge in [-0.05, 0) is 30.5 Å². The minimum absolute atomic E-state index is 0.130. The van der Waals surface area contributed by atoms with Crippen molar-refractivity contribution in [1.29, 1.82) is 0 Å². The second-order valence-electron chi connectivity index (χ2n) is 4.81. The maximum atomic E-state index is 12.1.